The van der Waals surface area contributed by atoms with E-state index in [1.807, 2.05) is 60.7 Å². The summed E-state index contributed by atoms with van der Waals surface area (Å²) >= 11 is 25.2. The highest BCUT2D eigenvalue weighted by Crippen LogP contribution is 2.32. The van der Waals surface area contributed by atoms with Gasteiger partial charge in [-0.25, -0.2) is 0 Å². The highest BCUT2D eigenvalue weighted by atomic mass is 35.5. The average Bonchev–Trinajstić information content (AvgIpc) is 0.825. The van der Waals surface area contributed by atoms with Crippen LogP contribution in [0, 0.1) is 0 Å². The molecular formula is C71H92Cl4N8O6. The van der Waals surface area contributed by atoms with Crippen LogP contribution in [0.1, 0.15) is 117 Å². The van der Waals surface area contributed by atoms with Crippen LogP contribution in [0.25, 0.3) is 65.4 Å². The maximum atomic E-state index is 13.3. The van der Waals surface area contributed by atoms with Gasteiger partial charge in [-0.3, -0.25) is 14.4 Å². The first-order valence-electron chi connectivity index (χ1n) is 30.7. The number of rotatable bonds is 20. The van der Waals surface area contributed by atoms with Gasteiger partial charge >= 0.3 is 0 Å². The summed E-state index contributed by atoms with van der Waals surface area (Å²) in [6, 6.07) is 31.0. The lowest BCUT2D eigenvalue weighted by molar-refractivity contribution is 0.291. The Balaban J connectivity index is 0.000000193. The molecule has 0 radical (unpaired) electrons. The minimum absolute atomic E-state index is 0.0105. The molecule has 6 N–H and O–H groups in total. The second kappa shape index (κ2) is 30.0. The fourth-order valence-corrected chi connectivity index (χ4v) is 11.1. The zero-order chi connectivity index (χ0) is 65.2. The van der Waals surface area contributed by atoms with Crippen LogP contribution in [-0.4, -0.2) is 94.4 Å². The summed E-state index contributed by atoms with van der Waals surface area (Å²) in [7, 11) is 0. The van der Waals surface area contributed by atoms with E-state index in [4.69, 9.17) is 60.6 Å². The summed E-state index contributed by atoms with van der Waals surface area (Å²) in [5.74, 6) is 2.19. The number of aromatic amines is 1. The van der Waals surface area contributed by atoms with Crippen molar-refractivity contribution in [3.8, 4) is 17.2 Å². The predicted molar refractivity (Wildman–Crippen MR) is 378 cm³/mol. The molecule has 0 bridgehead atoms. The summed E-state index contributed by atoms with van der Waals surface area (Å²) in [5.41, 5.74) is 4.92. The quantitative estimate of drug-likeness (QED) is 0.0318. The molecule has 0 spiro atoms. The topological polar surface area (TPSA) is 165 Å². The molecule has 0 amide bonds. The second-order valence-electron chi connectivity index (χ2n) is 27.8. The van der Waals surface area contributed by atoms with Crippen molar-refractivity contribution >= 4 is 112 Å². The number of nitrogens with one attached hydrogen (secondary N) is 6. The number of hydrogen-bond donors (Lipinski definition) is 6. The number of hydrogen-bond acceptors (Lipinski definition) is 11. The normalized spacial score (nSPS) is 12.4. The lowest BCUT2D eigenvalue weighted by atomic mass is 10.1. The molecule has 89 heavy (non-hydrogen) atoms. The summed E-state index contributed by atoms with van der Waals surface area (Å²) in [5, 5.41) is 23.2. The van der Waals surface area contributed by atoms with Crippen molar-refractivity contribution < 1.29 is 14.2 Å². The molecule has 0 aliphatic heterocycles. The molecule has 0 aliphatic rings. The molecule has 0 saturated heterocycles. The number of aromatic nitrogens is 3. The molecule has 9 rings (SSSR count). The van der Waals surface area contributed by atoms with Gasteiger partial charge in [0.15, 0.2) is 16.3 Å². The van der Waals surface area contributed by atoms with E-state index < -0.39 is 0 Å². The number of aryl methyl sites for hydroxylation is 1. The summed E-state index contributed by atoms with van der Waals surface area (Å²) in [6.07, 6.45) is 1.77. The number of ether oxygens (including phenoxy) is 3. The molecule has 0 unspecified atom stereocenters. The molecule has 18 heteroatoms. The smallest absolute Gasteiger partial charge is 0.197 e. The SMILES string of the molecule is CC(C)(C)NCCCOc1ccc2c(=O)c3cc(Cl)cc(Cl)c3n(CCCNC(C)(C)C)c2c1.CC(C)(C)NCCOc1ccc2[nH]c3cc(Cl)ccc3c(=O)c2c1.CC(C)(C)NCCOc1ccc2c(=O)c3ccc(Cl)cc3n(CCNC(C)(C)C)c2c1. The summed E-state index contributed by atoms with van der Waals surface area (Å²) < 4.78 is 22.1. The van der Waals surface area contributed by atoms with Crippen molar-refractivity contribution in [2.75, 3.05) is 52.5 Å². The number of halogens is 4. The third-order valence-corrected chi connectivity index (χ3v) is 15.3. The molecule has 6 aromatic carbocycles. The lowest BCUT2D eigenvalue weighted by Crippen LogP contribution is -2.38. The van der Waals surface area contributed by atoms with Crippen LogP contribution in [0.15, 0.2) is 118 Å². The average molecular weight is 1300 g/mol. The van der Waals surface area contributed by atoms with Crippen LogP contribution < -0.4 is 57.1 Å². The van der Waals surface area contributed by atoms with E-state index in [1.165, 1.54) is 0 Å². The Labute approximate surface area is 544 Å². The molecule has 0 aliphatic carbocycles. The largest absolute Gasteiger partial charge is 0.493 e. The van der Waals surface area contributed by atoms with Crippen LogP contribution in [0.5, 0.6) is 17.2 Å². The van der Waals surface area contributed by atoms with Gasteiger partial charge in [0.25, 0.3) is 0 Å². The molecule has 480 valence electrons. The van der Waals surface area contributed by atoms with Crippen molar-refractivity contribution in [2.24, 2.45) is 0 Å². The number of pyridine rings is 3. The Morgan fingerprint density at radius 3 is 1.36 bits per heavy atom. The first-order valence-corrected chi connectivity index (χ1v) is 32.2. The molecular weight excluding hydrogens is 1200 g/mol. The Hall–Kier alpha value is -5.91. The summed E-state index contributed by atoms with van der Waals surface area (Å²) in [6.45, 7) is 39.1. The molecule has 3 aromatic heterocycles. The zero-order valence-corrected chi connectivity index (χ0v) is 57.7. The lowest BCUT2D eigenvalue weighted by Gasteiger charge is -2.23. The highest BCUT2D eigenvalue weighted by molar-refractivity contribution is 6.38. The standard InChI is InChI=1S/C27H37Cl2N3O2.C25H34ClN3O2.C19H21ClN2O2/c1-26(2,3)30-11-7-13-32-23-17-19(34-14-8-12-31-27(4,5)6)9-10-20(23)25(33)21-15-18(28)16-22(29)24(21)32;1-24(2,3)27-11-13-29-21-15-17(26)7-9-19(21)23(30)20-10-8-18(16-22(20)29)31-14-12-28-25(4,5)6;1-19(2,3)21-8-9-24-13-5-7-16-15(11-13)18(23)14-6-4-12(20)10-17(14)22-16/h9-10,15-17,30-31H,7-8,11-14H2,1-6H3;7-10,15-16,27-28H,11-14H2,1-6H3;4-7,10-11,21H,8-9H2,1-3H3,(H,22,23). The van der Waals surface area contributed by atoms with E-state index in [2.05, 4.69) is 145 Å². The maximum Gasteiger partial charge on any atom is 0.197 e. The summed E-state index contributed by atoms with van der Waals surface area (Å²) in [4.78, 5) is 42.4. The van der Waals surface area contributed by atoms with Gasteiger partial charge in [0.2, 0.25) is 0 Å². The molecule has 9 aromatic rings. The fraction of sp³-hybridized carbons (Fsp3) is 0.451. The van der Waals surface area contributed by atoms with Crippen LogP contribution in [0.3, 0.4) is 0 Å². The minimum Gasteiger partial charge on any atom is -0.493 e. The molecule has 0 fully saturated rings. The Morgan fingerprint density at radius 2 is 0.798 bits per heavy atom. The van der Waals surface area contributed by atoms with E-state index >= 15 is 0 Å². The van der Waals surface area contributed by atoms with Gasteiger partial charge in [0.1, 0.15) is 30.5 Å². The Bertz CT molecular complexity index is 4110. The van der Waals surface area contributed by atoms with Crippen molar-refractivity contribution in [3.05, 3.63) is 154 Å². The van der Waals surface area contributed by atoms with E-state index in [9.17, 15) is 14.4 Å². The Morgan fingerprint density at radius 1 is 0.371 bits per heavy atom. The van der Waals surface area contributed by atoms with Gasteiger partial charge in [0.05, 0.1) is 44.7 Å². The van der Waals surface area contributed by atoms with E-state index in [0.29, 0.717) is 96.6 Å². The first-order chi connectivity index (χ1) is 41.6. The van der Waals surface area contributed by atoms with E-state index in [-0.39, 0.29) is 44.0 Å². The van der Waals surface area contributed by atoms with Crippen molar-refractivity contribution in [1.82, 2.24) is 40.7 Å². The van der Waals surface area contributed by atoms with E-state index in [0.717, 1.165) is 84.6 Å². The number of benzene rings is 6. The monoisotopic (exact) mass is 1290 g/mol. The van der Waals surface area contributed by atoms with Crippen LogP contribution in [-0.2, 0) is 13.1 Å². The van der Waals surface area contributed by atoms with Gasteiger partial charge in [-0.15, -0.1) is 0 Å². The van der Waals surface area contributed by atoms with Crippen molar-refractivity contribution in [2.45, 2.75) is 157 Å². The Kier molecular flexibility index (Phi) is 23.8. The number of nitrogens with zero attached hydrogens (tertiary/aromatic N) is 2. The van der Waals surface area contributed by atoms with Gasteiger partial charge in [-0.05, 0) is 221 Å². The molecule has 0 saturated carbocycles. The van der Waals surface area contributed by atoms with Gasteiger partial charge in [-0.2, -0.15) is 0 Å². The fourth-order valence-electron chi connectivity index (χ4n) is 10.2. The predicted octanol–water partition coefficient (Wildman–Crippen LogP) is 15.5. The first kappa shape index (κ1) is 70.5. The molecule has 14 nitrogen and oxygen atoms in total. The van der Waals surface area contributed by atoms with Gasteiger partial charge < -0.3 is 54.9 Å². The zero-order valence-electron chi connectivity index (χ0n) is 54.7. The third kappa shape index (κ3) is 20.8. The highest BCUT2D eigenvalue weighted by Gasteiger charge is 2.19. The molecule has 0 atom stereocenters. The van der Waals surface area contributed by atoms with Crippen LogP contribution in [0.2, 0.25) is 20.1 Å². The third-order valence-electron chi connectivity index (χ3n) is 14.3. The van der Waals surface area contributed by atoms with Crippen molar-refractivity contribution in [1.29, 1.82) is 0 Å². The van der Waals surface area contributed by atoms with Gasteiger partial charge in [-0.1, -0.05) is 46.4 Å². The van der Waals surface area contributed by atoms with Crippen LogP contribution in [0.4, 0.5) is 0 Å². The van der Waals surface area contributed by atoms with E-state index in [1.54, 1.807) is 42.5 Å². The van der Waals surface area contributed by atoms with Crippen LogP contribution >= 0.6 is 46.4 Å². The minimum atomic E-state index is -0.0700. The van der Waals surface area contributed by atoms with Crippen molar-refractivity contribution in [3.63, 3.8) is 0 Å². The number of fused-ring (bicyclic) bond motifs is 6. The molecule has 3 heterocycles. The van der Waals surface area contributed by atoms with Gasteiger partial charge in [0, 0.05) is 120 Å². The maximum absolute atomic E-state index is 13.3. The number of H-pyrrole nitrogens is 1. The second-order valence-corrected chi connectivity index (χ2v) is 29.5.